The topological polar surface area (TPSA) is 45.3 Å². The number of carbonyl (C=O) groups excluding carboxylic acids is 1. The lowest BCUT2D eigenvalue weighted by atomic mass is 9.85. The number of hydrogen-bond acceptors (Lipinski definition) is 5. The lowest BCUT2D eigenvalue weighted by Crippen LogP contribution is -2.53. The van der Waals surface area contributed by atoms with E-state index < -0.39 is 18.4 Å². The molecule has 1 aromatic rings. The van der Waals surface area contributed by atoms with E-state index in [0.29, 0.717) is 43.3 Å². The van der Waals surface area contributed by atoms with E-state index in [1.165, 1.54) is 24.2 Å². The van der Waals surface area contributed by atoms with Gasteiger partial charge in [0.25, 0.3) is 0 Å². The van der Waals surface area contributed by atoms with Crippen molar-refractivity contribution in [2.75, 3.05) is 45.9 Å². The van der Waals surface area contributed by atoms with Crippen molar-refractivity contribution in [3.63, 3.8) is 0 Å². The van der Waals surface area contributed by atoms with Gasteiger partial charge >= 0.3 is 12.3 Å². The van der Waals surface area contributed by atoms with Gasteiger partial charge < -0.3 is 14.4 Å². The highest BCUT2D eigenvalue weighted by molar-refractivity contribution is 6.32. The van der Waals surface area contributed by atoms with E-state index in [1.54, 1.807) is 0 Å². The second-order valence-electron chi connectivity index (χ2n) is 10.3. The highest BCUT2D eigenvalue weighted by Crippen LogP contribution is 2.40. The lowest BCUT2D eigenvalue weighted by Gasteiger charge is -2.45. The summed E-state index contributed by atoms with van der Waals surface area (Å²) >= 11 is 6.55. The second kappa shape index (κ2) is 11.8. The Labute approximate surface area is 216 Å². The van der Waals surface area contributed by atoms with E-state index in [9.17, 15) is 18.0 Å². The highest BCUT2D eigenvalue weighted by Gasteiger charge is 2.45. The Bertz CT molecular complexity index is 887. The zero-order valence-electron chi connectivity index (χ0n) is 21.0. The minimum absolute atomic E-state index is 0.0531. The van der Waals surface area contributed by atoms with E-state index in [-0.39, 0.29) is 5.54 Å². The number of hydrogen-bond donors (Lipinski definition) is 0. The molecule has 3 saturated heterocycles. The Morgan fingerprint density at radius 2 is 1.78 bits per heavy atom. The molecule has 3 aliphatic rings. The van der Waals surface area contributed by atoms with Crippen LogP contribution in [-0.2, 0) is 11.3 Å². The molecule has 3 aliphatic heterocycles. The predicted octanol–water partition coefficient (Wildman–Crippen LogP) is 5.72. The number of halogens is 4. The van der Waals surface area contributed by atoms with Crippen molar-refractivity contribution in [3.05, 3.63) is 28.8 Å². The summed E-state index contributed by atoms with van der Waals surface area (Å²) in [6, 6.07) is 5.96. The Morgan fingerprint density at radius 3 is 2.44 bits per heavy atom. The molecule has 202 valence electrons. The van der Waals surface area contributed by atoms with Crippen LogP contribution in [-0.4, -0.2) is 84.5 Å². The van der Waals surface area contributed by atoms with E-state index in [1.807, 2.05) is 12.1 Å². The first-order valence-electron chi connectivity index (χ1n) is 13.1. The number of likely N-dealkylation sites (tertiary alicyclic amines) is 3. The van der Waals surface area contributed by atoms with Gasteiger partial charge in [0.05, 0.1) is 5.02 Å². The SMILES string of the molecule is CC(OC(=O)N1CCC2(CCCN2Cc2ccc(OCCN3CCCCC3)c(Cl)c2)CC1)C(F)(F)F. The van der Waals surface area contributed by atoms with Gasteiger partial charge in [0.2, 0.25) is 0 Å². The molecule has 1 aromatic carbocycles. The molecule has 1 spiro atoms. The summed E-state index contributed by atoms with van der Waals surface area (Å²) < 4.78 is 48.8. The molecule has 1 amide bonds. The van der Waals surface area contributed by atoms with Crippen molar-refractivity contribution in [1.82, 2.24) is 14.7 Å². The standard InChI is InChI=1S/C26H37ClF3N3O3/c1-20(26(28,29)30)36-24(34)32-14-9-25(10-15-32)8-5-13-33(25)19-21-6-7-23(22(27)18-21)35-17-16-31-11-3-2-4-12-31/h6-7,18,20H,2-5,8-17,19H2,1H3. The van der Waals surface area contributed by atoms with E-state index in [4.69, 9.17) is 16.3 Å². The zero-order chi connectivity index (χ0) is 25.8. The zero-order valence-corrected chi connectivity index (χ0v) is 21.8. The Kier molecular flexibility index (Phi) is 8.94. The number of ether oxygens (including phenoxy) is 2. The monoisotopic (exact) mass is 531 g/mol. The quantitative estimate of drug-likeness (QED) is 0.450. The van der Waals surface area contributed by atoms with Gasteiger partial charge in [-0.1, -0.05) is 24.1 Å². The number of alkyl halides is 3. The minimum Gasteiger partial charge on any atom is -0.491 e. The average molecular weight is 532 g/mol. The van der Waals surface area contributed by atoms with Crippen molar-refractivity contribution in [2.24, 2.45) is 0 Å². The Balaban J connectivity index is 1.28. The number of rotatable bonds is 7. The van der Waals surface area contributed by atoms with Gasteiger partial charge in [-0.05, 0) is 82.8 Å². The molecule has 3 heterocycles. The Hall–Kier alpha value is -1.71. The van der Waals surface area contributed by atoms with Crippen LogP contribution in [0.15, 0.2) is 18.2 Å². The van der Waals surface area contributed by atoms with Crippen molar-refractivity contribution in [2.45, 2.75) is 76.2 Å². The molecule has 0 saturated carbocycles. The lowest BCUT2D eigenvalue weighted by molar-refractivity contribution is -0.200. The van der Waals surface area contributed by atoms with Gasteiger partial charge in [-0.2, -0.15) is 13.2 Å². The number of benzene rings is 1. The third-order valence-electron chi connectivity index (χ3n) is 7.92. The number of carbonyl (C=O) groups is 1. The van der Waals surface area contributed by atoms with Crippen LogP contribution in [0.1, 0.15) is 57.4 Å². The average Bonchev–Trinajstić information content (AvgIpc) is 3.22. The smallest absolute Gasteiger partial charge is 0.425 e. The maximum absolute atomic E-state index is 12.7. The van der Waals surface area contributed by atoms with Crippen LogP contribution in [0.5, 0.6) is 5.75 Å². The predicted molar refractivity (Wildman–Crippen MR) is 132 cm³/mol. The summed E-state index contributed by atoms with van der Waals surface area (Å²) in [7, 11) is 0. The largest absolute Gasteiger partial charge is 0.491 e. The summed E-state index contributed by atoms with van der Waals surface area (Å²) in [6.07, 6.45) is -0.214. The molecular weight excluding hydrogens is 495 g/mol. The van der Waals surface area contributed by atoms with Crippen LogP contribution in [0, 0.1) is 0 Å². The van der Waals surface area contributed by atoms with E-state index >= 15 is 0 Å². The van der Waals surface area contributed by atoms with E-state index in [0.717, 1.165) is 58.1 Å². The molecule has 4 rings (SSSR count). The molecule has 36 heavy (non-hydrogen) atoms. The maximum atomic E-state index is 12.7. The second-order valence-corrected chi connectivity index (χ2v) is 10.7. The van der Waals surface area contributed by atoms with Gasteiger partial charge in [-0.3, -0.25) is 9.80 Å². The molecule has 10 heteroatoms. The van der Waals surface area contributed by atoms with Crippen molar-refractivity contribution >= 4 is 17.7 Å². The molecule has 6 nitrogen and oxygen atoms in total. The van der Waals surface area contributed by atoms with Gasteiger partial charge in [0.15, 0.2) is 6.10 Å². The van der Waals surface area contributed by atoms with Gasteiger partial charge in [0.1, 0.15) is 12.4 Å². The molecule has 0 aliphatic carbocycles. The van der Waals surface area contributed by atoms with Crippen LogP contribution in [0.4, 0.5) is 18.0 Å². The fraction of sp³-hybridized carbons (Fsp3) is 0.731. The molecule has 0 aromatic heterocycles. The summed E-state index contributed by atoms with van der Waals surface area (Å²) in [5.41, 5.74) is 1.05. The van der Waals surface area contributed by atoms with Crippen LogP contribution in [0.2, 0.25) is 5.02 Å². The maximum Gasteiger partial charge on any atom is 0.425 e. The summed E-state index contributed by atoms with van der Waals surface area (Å²) in [4.78, 5) is 18.5. The number of nitrogens with zero attached hydrogens (tertiary/aromatic N) is 3. The van der Waals surface area contributed by atoms with Crippen molar-refractivity contribution in [3.8, 4) is 5.75 Å². The normalized spacial score (nSPS) is 22.1. The fourth-order valence-electron chi connectivity index (χ4n) is 5.65. The summed E-state index contributed by atoms with van der Waals surface area (Å²) in [5, 5.41) is 0.607. The van der Waals surface area contributed by atoms with Crippen molar-refractivity contribution < 1.29 is 27.4 Å². The van der Waals surface area contributed by atoms with Crippen LogP contribution in [0.3, 0.4) is 0 Å². The van der Waals surface area contributed by atoms with Crippen molar-refractivity contribution in [1.29, 1.82) is 0 Å². The molecule has 1 atom stereocenters. The minimum atomic E-state index is -4.55. The number of amides is 1. The fourth-order valence-corrected chi connectivity index (χ4v) is 5.91. The molecule has 3 fully saturated rings. The molecule has 0 radical (unpaired) electrons. The third kappa shape index (κ3) is 6.78. The summed E-state index contributed by atoms with van der Waals surface area (Å²) in [5.74, 6) is 0.702. The summed E-state index contributed by atoms with van der Waals surface area (Å²) in [6.45, 7) is 7.14. The van der Waals surface area contributed by atoms with Crippen LogP contribution in [0.25, 0.3) is 0 Å². The van der Waals surface area contributed by atoms with Crippen LogP contribution < -0.4 is 4.74 Å². The molecule has 1 unspecified atom stereocenters. The first kappa shape index (κ1) is 27.3. The van der Waals surface area contributed by atoms with E-state index in [2.05, 4.69) is 20.6 Å². The molecular formula is C26H37ClF3N3O3. The van der Waals surface area contributed by atoms with Gasteiger partial charge in [0, 0.05) is 31.7 Å². The highest BCUT2D eigenvalue weighted by atomic mass is 35.5. The molecule has 0 N–H and O–H groups in total. The first-order chi connectivity index (χ1) is 17.2. The van der Waals surface area contributed by atoms with Gasteiger partial charge in [-0.25, -0.2) is 4.79 Å². The number of piperidine rings is 2. The van der Waals surface area contributed by atoms with Crippen LogP contribution >= 0.6 is 11.6 Å². The first-order valence-corrected chi connectivity index (χ1v) is 13.4. The molecule has 0 bridgehead atoms. The third-order valence-corrected chi connectivity index (χ3v) is 8.21. The Morgan fingerprint density at radius 1 is 1.06 bits per heavy atom. The van der Waals surface area contributed by atoms with Gasteiger partial charge in [-0.15, -0.1) is 0 Å².